The minimum Gasteiger partial charge on any atom is -0.394 e. The summed E-state index contributed by atoms with van der Waals surface area (Å²) in [6.07, 6.45) is 1.06. The molecule has 0 radical (unpaired) electrons. The highest BCUT2D eigenvalue weighted by Crippen LogP contribution is 2.23. The molecule has 9 nitrogen and oxygen atoms in total. The van der Waals surface area contributed by atoms with Crippen LogP contribution in [-0.4, -0.2) is 88.6 Å². The Morgan fingerprint density at radius 2 is 1.90 bits per heavy atom. The number of carbonyl (C=O) groups is 1. The molecule has 0 bridgehead atoms. The highest BCUT2D eigenvalue weighted by atomic mass is 32.2. The number of ether oxygens (including phenoxy) is 2. The summed E-state index contributed by atoms with van der Waals surface area (Å²) in [4.78, 5) is 14.3. The number of aliphatic hydroxyl groups is 1. The van der Waals surface area contributed by atoms with E-state index in [1.54, 1.807) is 24.3 Å². The fourth-order valence-electron chi connectivity index (χ4n) is 3.85. The lowest BCUT2D eigenvalue weighted by molar-refractivity contribution is -0.123. The number of aliphatic hydroxyl groups excluding tert-OH is 1. The van der Waals surface area contributed by atoms with Crippen molar-refractivity contribution in [3.05, 3.63) is 29.8 Å². The number of sulfonamides is 1. The van der Waals surface area contributed by atoms with Crippen molar-refractivity contribution in [3.8, 4) is 0 Å². The monoisotopic (exact) mass is 455 g/mol. The Morgan fingerprint density at radius 3 is 2.58 bits per heavy atom. The Balaban J connectivity index is 1.43. The van der Waals surface area contributed by atoms with Gasteiger partial charge in [0.1, 0.15) is 0 Å². The zero-order chi connectivity index (χ0) is 22.3. The molecule has 2 heterocycles. The van der Waals surface area contributed by atoms with E-state index in [-0.39, 0.29) is 23.5 Å². The first-order chi connectivity index (χ1) is 14.9. The summed E-state index contributed by atoms with van der Waals surface area (Å²) in [5.74, 6) is -0.0276. The van der Waals surface area contributed by atoms with Crippen LogP contribution in [0.3, 0.4) is 0 Å². The highest BCUT2D eigenvalue weighted by molar-refractivity contribution is 7.89. The molecule has 3 N–H and O–H groups in total. The van der Waals surface area contributed by atoms with E-state index in [1.165, 1.54) is 0 Å². The minimum atomic E-state index is -3.69. The molecule has 10 heteroatoms. The zero-order valence-corrected chi connectivity index (χ0v) is 18.8. The SMILES string of the molecule is Cc1ccc(S(=O)(=O)N[C@@H]2CC[C@@H](CCNC(=O)CN3CCOCC3)O[C@H]2CO)cc1. The van der Waals surface area contributed by atoms with Gasteiger partial charge < -0.3 is 19.9 Å². The minimum absolute atomic E-state index is 0.0276. The smallest absolute Gasteiger partial charge is 0.240 e. The van der Waals surface area contributed by atoms with E-state index in [9.17, 15) is 18.3 Å². The molecule has 2 fully saturated rings. The second-order valence-corrected chi connectivity index (χ2v) is 9.84. The van der Waals surface area contributed by atoms with Gasteiger partial charge in [0, 0.05) is 19.6 Å². The molecule has 2 aliphatic heterocycles. The first kappa shape index (κ1) is 24.1. The number of nitrogens with zero attached hydrogens (tertiary/aromatic N) is 1. The second-order valence-electron chi connectivity index (χ2n) is 8.12. The normalized spacial score (nSPS) is 25.3. The molecule has 0 unspecified atom stereocenters. The van der Waals surface area contributed by atoms with Crippen LogP contribution >= 0.6 is 0 Å². The lowest BCUT2D eigenvalue weighted by Gasteiger charge is -2.36. The van der Waals surface area contributed by atoms with E-state index >= 15 is 0 Å². The van der Waals surface area contributed by atoms with E-state index in [0.717, 1.165) is 18.7 Å². The molecule has 0 aliphatic carbocycles. The Labute approximate surface area is 184 Å². The van der Waals surface area contributed by atoms with Crippen molar-refractivity contribution >= 4 is 15.9 Å². The van der Waals surface area contributed by atoms with Crippen LogP contribution in [0.4, 0.5) is 0 Å². The molecule has 174 valence electrons. The van der Waals surface area contributed by atoms with E-state index in [0.29, 0.717) is 45.6 Å². The highest BCUT2D eigenvalue weighted by Gasteiger charge is 2.33. The van der Waals surface area contributed by atoms with Crippen LogP contribution in [0.5, 0.6) is 0 Å². The van der Waals surface area contributed by atoms with E-state index in [1.807, 2.05) is 6.92 Å². The molecule has 31 heavy (non-hydrogen) atoms. The number of carbonyl (C=O) groups excluding carboxylic acids is 1. The molecule has 2 saturated heterocycles. The predicted molar refractivity (Wildman–Crippen MR) is 115 cm³/mol. The quantitative estimate of drug-likeness (QED) is 0.481. The van der Waals surface area contributed by atoms with Crippen molar-refractivity contribution in [1.29, 1.82) is 0 Å². The van der Waals surface area contributed by atoms with Gasteiger partial charge in [-0.3, -0.25) is 9.69 Å². The Hall–Kier alpha value is -1.56. The Morgan fingerprint density at radius 1 is 1.19 bits per heavy atom. The number of amides is 1. The van der Waals surface area contributed by atoms with Gasteiger partial charge in [-0.1, -0.05) is 17.7 Å². The summed E-state index contributed by atoms with van der Waals surface area (Å²) in [6.45, 7) is 5.28. The lowest BCUT2D eigenvalue weighted by atomic mass is 9.98. The summed E-state index contributed by atoms with van der Waals surface area (Å²) in [5.41, 5.74) is 0.980. The molecular weight excluding hydrogens is 422 g/mol. The first-order valence-electron chi connectivity index (χ1n) is 10.8. The molecule has 1 aromatic rings. The fraction of sp³-hybridized carbons (Fsp3) is 0.667. The van der Waals surface area contributed by atoms with Gasteiger partial charge in [-0.15, -0.1) is 0 Å². The average Bonchev–Trinajstić information content (AvgIpc) is 2.75. The summed E-state index contributed by atoms with van der Waals surface area (Å²) >= 11 is 0. The molecule has 3 rings (SSSR count). The van der Waals surface area contributed by atoms with Gasteiger partial charge in [-0.25, -0.2) is 13.1 Å². The molecule has 1 amide bonds. The lowest BCUT2D eigenvalue weighted by Crippen LogP contribution is -2.51. The number of hydrogen-bond donors (Lipinski definition) is 3. The number of rotatable bonds is 9. The molecule has 2 aliphatic rings. The van der Waals surface area contributed by atoms with E-state index < -0.39 is 22.2 Å². The van der Waals surface area contributed by atoms with Crippen LogP contribution < -0.4 is 10.0 Å². The molecular formula is C21H33N3O6S. The molecule has 3 atom stereocenters. The van der Waals surface area contributed by atoms with Gasteiger partial charge in [-0.05, 0) is 38.3 Å². The topological polar surface area (TPSA) is 117 Å². The number of nitrogens with one attached hydrogen (secondary N) is 2. The summed E-state index contributed by atoms with van der Waals surface area (Å²) in [7, 11) is -3.69. The van der Waals surface area contributed by atoms with Gasteiger partial charge in [0.05, 0.1) is 49.5 Å². The number of aryl methyl sites for hydroxylation is 1. The van der Waals surface area contributed by atoms with Crippen molar-refractivity contribution in [1.82, 2.24) is 14.9 Å². The predicted octanol–water partition coefficient (Wildman–Crippen LogP) is 0.0203. The zero-order valence-electron chi connectivity index (χ0n) is 18.0. The van der Waals surface area contributed by atoms with E-state index in [2.05, 4.69) is 14.9 Å². The maximum atomic E-state index is 12.7. The second kappa shape index (κ2) is 11.3. The van der Waals surface area contributed by atoms with Gasteiger partial charge in [0.15, 0.2) is 0 Å². The Kier molecular flexibility index (Phi) is 8.82. The Bertz CT molecular complexity index is 811. The molecule has 0 spiro atoms. The van der Waals surface area contributed by atoms with Crippen molar-refractivity contribution in [2.75, 3.05) is 46.0 Å². The maximum Gasteiger partial charge on any atom is 0.240 e. The maximum absolute atomic E-state index is 12.7. The molecule has 1 aromatic carbocycles. The van der Waals surface area contributed by atoms with Crippen LogP contribution in [0.15, 0.2) is 29.2 Å². The molecule has 0 aromatic heterocycles. The van der Waals surface area contributed by atoms with Gasteiger partial charge in [0.25, 0.3) is 0 Å². The summed E-state index contributed by atoms with van der Waals surface area (Å²) < 4.78 is 39.2. The van der Waals surface area contributed by atoms with E-state index in [4.69, 9.17) is 9.47 Å². The van der Waals surface area contributed by atoms with Gasteiger partial charge in [0.2, 0.25) is 15.9 Å². The average molecular weight is 456 g/mol. The van der Waals surface area contributed by atoms with Crippen molar-refractivity contribution in [2.45, 2.75) is 49.3 Å². The van der Waals surface area contributed by atoms with Crippen molar-refractivity contribution in [2.24, 2.45) is 0 Å². The van der Waals surface area contributed by atoms with Crippen LogP contribution in [0.25, 0.3) is 0 Å². The van der Waals surface area contributed by atoms with Gasteiger partial charge in [-0.2, -0.15) is 0 Å². The fourth-order valence-corrected chi connectivity index (χ4v) is 5.15. The molecule has 0 saturated carbocycles. The standard InChI is InChI=1S/C21H33N3O6S/c1-16-2-5-18(6-3-16)31(27,28)23-19-7-4-17(30-20(19)15-25)8-9-22-21(26)14-24-10-12-29-13-11-24/h2-3,5-6,17,19-20,23,25H,4,7-15H2,1H3,(H,22,26)/t17-,19+,20-/m0/s1. The van der Waals surface area contributed by atoms with Crippen molar-refractivity contribution in [3.63, 3.8) is 0 Å². The van der Waals surface area contributed by atoms with Crippen LogP contribution in [0.2, 0.25) is 0 Å². The first-order valence-corrected chi connectivity index (χ1v) is 12.3. The third-order valence-corrected chi connectivity index (χ3v) is 7.20. The summed E-state index contributed by atoms with van der Waals surface area (Å²) in [6, 6.07) is 6.14. The van der Waals surface area contributed by atoms with Gasteiger partial charge >= 0.3 is 0 Å². The largest absolute Gasteiger partial charge is 0.394 e. The third-order valence-electron chi connectivity index (χ3n) is 5.69. The number of hydrogen-bond acceptors (Lipinski definition) is 7. The van der Waals surface area contributed by atoms with Crippen LogP contribution in [0.1, 0.15) is 24.8 Å². The number of benzene rings is 1. The van der Waals surface area contributed by atoms with Crippen molar-refractivity contribution < 1.29 is 27.8 Å². The summed E-state index contributed by atoms with van der Waals surface area (Å²) in [5, 5.41) is 12.6. The van der Waals surface area contributed by atoms with Crippen LogP contribution in [0, 0.1) is 6.92 Å². The third kappa shape index (κ3) is 7.23. The number of morpholine rings is 1. The van der Waals surface area contributed by atoms with Crippen LogP contribution in [-0.2, 0) is 24.3 Å².